The van der Waals surface area contributed by atoms with Crippen LogP contribution in [0, 0.1) is 0 Å². The van der Waals surface area contributed by atoms with Crippen molar-refractivity contribution >= 4 is 5.97 Å². The second-order valence-electron chi connectivity index (χ2n) is 4.78. The van der Waals surface area contributed by atoms with E-state index in [2.05, 4.69) is 0 Å². The minimum absolute atomic E-state index is 0.0969. The Hall–Kier alpha value is -1.75. The lowest BCUT2D eigenvalue weighted by Crippen LogP contribution is -2.47. The summed E-state index contributed by atoms with van der Waals surface area (Å²) in [6, 6.07) is 7.43. The fraction of sp³-hybridized carbons (Fsp3) is 0.500. The third-order valence-corrected chi connectivity index (χ3v) is 3.46. The molecule has 1 aliphatic rings. The number of carbonyl (C=O) groups excluding carboxylic acids is 1. The van der Waals surface area contributed by atoms with Gasteiger partial charge in [0, 0.05) is 6.42 Å². The first-order valence-corrected chi connectivity index (χ1v) is 6.26. The molecule has 0 bridgehead atoms. The van der Waals surface area contributed by atoms with Crippen LogP contribution in [0.3, 0.4) is 0 Å². The van der Waals surface area contributed by atoms with E-state index in [9.17, 15) is 4.79 Å². The molecule has 0 spiro atoms. The van der Waals surface area contributed by atoms with E-state index in [1.807, 2.05) is 24.3 Å². The summed E-state index contributed by atoms with van der Waals surface area (Å²) in [5, 5.41) is 0. The van der Waals surface area contributed by atoms with E-state index < -0.39 is 5.54 Å². The second-order valence-corrected chi connectivity index (χ2v) is 4.78. The number of hydrogen-bond acceptors (Lipinski definition) is 5. The van der Waals surface area contributed by atoms with Crippen molar-refractivity contribution in [1.82, 2.24) is 0 Å². The summed E-state index contributed by atoms with van der Waals surface area (Å²) in [6.45, 7) is 0. The van der Waals surface area contributed by atoms with Crippen LogP contribution in [0.5, 0.6) is 11.5 Å². The Labute approximate surface area is 112 Å². The van der Waals surface area contributed by atoms with Crippen LogP contribution in [0.1, 0.15) is 19.3 Å². The highest BCUT2D eigenvalue weighted by atomic mass is 16.5. The van der Waals surface area contributed by atoms with Crippen LogP contribution in [0.2, 0.25) is 0 Å². The van der Waals surface area contributed by atoms with E-state index in [-0.39, 0.29) is 12.1 Å². The van der Waals surface area contributed by atoms with Gasteiger partial charge in [0.05, 0.1) is 14.2 Å². The topological polar surface area (TPSA) is 70.8 Å². The predicted molar refractivity (Wildman–Crippen MR) is 70.2 cm³/mol. The van der Waals surface area contributed by atoms with Gasteiger partial charge in [-0.15, -0.1) is 0 Å². The third-order valence-electron chi connectivity index (χ3n) is 3.46. The molecule has 0 aliphatic heterocycles. The summed E-state index contributed by atoms with van der Waals surface area (Å²) in [7, 11) is 2.95. The first-order valence-electron chi connectivity index (χ1n) is 6.26. The lowest BCUT2D eigenvalue weighted by molar-refractivity contribution is -0.147. The SMILES string of the molecule is COC(=O)C1(N)CCC(Oc2ccccc2OC)C1. The van der Waals surface area contributed by atoms with Gasteiger partial charge in [-0.2, -0.15) is 0 Å². The molecule has 0 saturated heterocycles. The molecule has 0 radical (unpaired) electrons. The molecule has 1 fully saturated rings. The summed E-state index contributed by atoms with van der Waals surface area (Å²) >= 11 is 0. The fourth-order valence-electron chi connectivity index (χ4n) is 2.41. The van der Waals surface area contributed by atoms with Crippen molar-refractivity contribution in [3.63, 3.8) is 0 Å². The fourth-order valence-corrected chi connectivity index (χ4v) is 2.41. The van der Waals surface area contributed by atoms with Gasteiger partial charge in [0.25, 0.3) is 0 Å². The molecule has 104 valence electrons. The van der Waals surface area contributed by atoms with E-state index >= 15 is 0 Å². The van der Waals surface area contributed by atoms with Crippen molar-refractivity contribution in [2.24, 2.45) is 5.73 Å². The van der Waals surface area contributed by atoms with Crippen molar-refractivity contribution in [1.29, 1.82) is 0 Å². The smallest absolute Gasteiger partial charge is 0.325 e. The number of nitrogens with two attached hydrogens (primary N) is 1. The Morgan fingerprint density at radius 1 is 1.32 bits per heavy atom. The average molecular weight is 265 g/mol. The zero-order valence-electron chi connectivity index (χ0n) is 11.2. The third kappa shape index (κ3) is 2.81. The second kappa shape index (κ2) is 5.48. The number of esters is 1. The van der Waals surface area contributed by atoms with Gasteiger partial charge in [-0.25, -0.2) is 0 Å². The summed E-state index contributed by atoms with van der Waals surface area (Å²) in [5.74, 6) is 0.970. The summed E-state index contributed by atoms with van der Waals surface area (Å²) in [4.78, 5) is 11.6. The van der Waals surface area contributed by atoms with Crippen LogP contribution >= 0.6 is 0 Å². The van der Waals surface area contributed by atoms with Crippen LogP contribution in [0.15, 0.2) is 24.3 Å². The first kappa shape index (κ1) is 13.7. The molecule has 0 aromatic heterocycles. The van der Waals surface area contributed by atoms with Crippen LogP contribution in [-0.4, -0.2) is 31.8 Å². The normalized spacial score (nSPS) is 25.9. The number of para-hydroxylation sites is 2. The molecule has 1 saturated carbocycles. The van der Waals surface area contributed by atoms with Crippen molar-refractivity contribution in [3.8, 4) is 11.5 Å². The predicted octanol–water partition coefficient (Wildman–Crippen LogP) is 1.50. The van der Waals surface area contributed by atoms with Gasteiger partial charge < -0.3 is 19.9 Å². The number of benzene rings is 1. The molecule has 2 rings (SSSR count). The lowest BCUT2D eigenvalue weighted by atomic mass is 10.00. The van der Waals surface area contributed by atoms with Crippen molar-refractivity contribution < 1.29 is 19.0 Å². The minimum Gasteiger partial charge on any atom is -0.493 e. The van der Waals surface area contributed by atoms with Crippen molar-refractivity contribution in [2.45, 2.75) is 30.9 Å². The van der Waals surface area contributed by atoms with Crippen LogP contribution in [-0.2, 0) is 9.53 Å². The van der Waals surface area contributed by atoms with Crippen LogP contribution in [0.4, 0.5) is 0 Å². The molecule has 0 heterocycles. The molecule has 19 heavy (non-hydrogen) atoms. The van der Waals surface area contributed by atoms with Gasteiger partial charge in [-0.3, -0.25) is 4.79 Å². The van der Waals surface area contributed by atoms with Crippen LogP contribution < -0.4 is 15.2 Å². The molecule has 2 N–H and O–H groups in total. The van der Waals surface area contributed by atoms with Gasteiger partial charge >= 0.3 is 5.97 Å². The Bertz CT molecular complexity index is 463. The van der Waals surface area contributed by atoms with E-state index in [4.69, 9.17) is 19.9 Å². The van der Waals surface area contributed by atoms with E-state index in [0.29, 0.717) is 24.3 Å². The standard InChI is InChI=1S/C14H19NO4/c1-17-11-5-3-4-6-12(11)19-10-7-8-14(15,9-10)13(16)18-2/h3-6,10H,7-9,15H2,1-2H3. The lowest BCUT2D eigenvalue weighted by Gasteiger charge is -2.21. The molecule has 2 unspecified atom stereocenters. The van der Waals surface area contributed by atoms with E-state index in [1.54, 1.807) is 7.11 Å². The van der Waals surface area contributed by atoms with E-state index in [0.717, 1.165) is 6.42 Å². The highest BCUT2D eigenvalue weighted by molar-refractivity contribution is 5.80. The summed E-state index contributed by atoms with van der Waals surface area (Å²) in [6.07, 6.45) is 1.65. The molecular formula is C14H19NO4. The van der Waals surface area contributed by atoms with Crippen molar-refractivity contribution in [2.75, 3.05) is 14.2 Å². The zero-order chi connectivity index (χ0) is 13.9. The number of hydrogen-bond donors (Lipinski definition) is 1. The maximum absolute atomic E-state index is 11.6. The van der Waals surface area contributed by atoms with Gasteiger partial charge in [-0.05, 0) is 25.0 Å². The Morgan fingerprint density at radius 2 is 2.00 bits per heavy atom. The molecule has 5 heteroatoms. The monoisotopic (exact) mass is 265 g/mol. The largest absolute Gasteiger partial charge is 0.493 e. The zero-order valence-corrected chi connectivity index (χ0v) is 11.2. The maximum Gasteiger partial charge on any atom is 0.325 e. The Morgan fingerprint density at radius 3 is 2.63 bits per heavy atom. The number of methoxy groups -OCH3 is 2. The average Bonchev–Trinajstić information content (AvgIpc) is 2.81. The number of ether oxygens (including phenoxy) is 3. The van der Waals surface area contributed by atoms with Crippen molar-refractivity contribution in [3.05, 3.63) is 24.3 Å². The van der Waals surface area contributed by atoms with Gasteiger partial charge in [0.15, 0.2) is 11.5 Å². The molecule has 5 nitrogen and oxygen atoms in total. The van der Waals surface area contributed by atoms with Gasteiger partial charge in [-0.1, -0.05) is 12.1 Å². The number of carbonyl (C=O) groups is 1. The van der Waals surface area contributed by atoms with Gasteiger partial charge in [0.1, 0.15) is 11.6 Å². The molecule has 0 amide bonds. The van der Waals surface area contributed by atoms with E-state index in [1.165, 1.54) is 7.11 Å². The highest BCUT2D eigenvalue weighted by Gasteiger charge is 2.44. The quantitative estimate of drug-likeness (QED) is 0.835. The minimum atomic E-state index is -0.929. The molecular weight excluding hydrogens is 246 g/mol. The maximum atomic E-state index is 11.6. The molecule has 2 atom stereocenters. The summed E-state index contributed by atoms with van der Waals surface area (Å²) < 4.78 is 15.8. The Balaban J connectivity index is 2.04. The first-order chi connectivity index (χ1) is 9.09. The van der Waals surface area contributed by atoms with Gasteiger partial charge in [0.2, 0.25) is 0 Å². The summed E-state index contributed by atoms with van der Waals surface area (Å²) in [5.41, 5.74) is 5.11. The number of rotatable bonds is 4. The molecule has 1 aliphatic carbocycles. The highest BCUT2D eigenvalue weighted by Crippen LogP contribution is 2.34. The Kier molecular flexibility index (Phi) is 3.95. The molecule has 1 aromatic carbocycles. The molecule has 1 aromatic rings. The van der Waals surface area contributed by atoms with Crippen LogP contribution in [0.25, 0.3) is 0 Å².